The van der Waals surface area contributed by atoms with Gasteiger partial charge in [0, 0.05) is 66.5 Å². The first-order chi connectivity index (χ1) is 21.0. The number of imidazole rings is 1. The first kappa shape index (κ1) is 31.0. The molecule has 5 N–H and O–H groups in total. The number of carboxylic acids is 1. The Balaban J connectivity index is 0.000000178. The molecular weight excluding hydrogens is 560 g/mol. The third-order valence-corrected chi connectivity index (χ3v) is 7.54. The average Bonchev–Trinajstić information content (AvgIpc) is 3.55. The quantitative estimate of drug-likeness (QED) is 0.194. The van der Waals surface area contributed by atoms with Crippen molar-refractivity contribution in [3.8, 4) is 5.82 Å². The number of carboxylic acid groups (broad SMARTS) is 1. The van der Waals surface area contributed by atoms with Gasteiger partial charge in [-0.25, -0.2) is 19.7 Å². The Labute approximate surface area is 257 Å². The summed E-state index contributed by atoms with van der Waals surface area (Å²) in [5.74, 6) is 2.63. The fraction of sp³-hybridized carbons (Fsp3) is 0.438. The van der Waals surface area contributed by atoms with Crippen LogP contribution in [0.3, 0.4) is 0 Å². The maximum absolute atomic E-state index is 11.5. The van der Waals surface area contributed by atoms with Crippen LogP contribution < -0.4 is 16.4 Å². The third kappa shape index (κ3) is 7.56. The number of nitrogens with zero attached hydrogens (tertiary/aromatic N) is 5. The van der Waals surface area contributed by atoms with E-state index in [1.807, 2.05) is 62.7 Å². The number of aromatic carboxylic acids is 1. The summed E-state index contributed by atoms with van der Waals surface area (Å²) in [6.07, 6.45) is 7.57. The smallest absolute Gasteiger partial charge is 0.339 e. The van der Waals surface area contributed by atoms with Gasteiger partial charge in [0.15, 0.2) is 0 Å². The van der Waals surface area contributed by atoms with Gasteiger partial charge < -0.3 is 30.6 Å². The highest BCUT2D eigenvalue weighted by molar-refractivity contribution is 5.91. The molecule has 234 valence electrons. The molecule has 3 aromatic heterocycles. The number of ether oxygens (including phenoxy) is 1. The Bertz CT molecular complexity index is 1600. The Morgan fingerprint density at radius 1 is 1.11 bits per heavy atom. The average molecular weight is 603 g/mol. The second-order valence-corrected chi connectivity index (χ2v) is 12.3. The van der Waals surface area contributed by atoms with E-state index in [9.17, 15) is 9.90 Å². The molecular formula is C32H42N8O4. The molecule has 0 radical (unpaired) electrons. The highest BCUT2D eigenvalue weighted by Gasteiger charge is 2.31. The topological polar surface area (TPSA) is 157 Å². The number of furan rings is 1. The van der Waals surface area contributed by atoms with Crippen molar-refractivity contribution in [2.24, 2.45) is 0 Å². The lowest BCUT2D eigenvalue weighted by Crippen LogP contribution is -2.36. The van der Waals surface area contributed by atoms with Crippen LogP contribution in [-0.4, -0.2) is 67.8 Å². The van der Waals surface area contributed by atoms with Gasteiger partial charge in [-0.1, -0.05) is 26.8 Å². The Kier molecular flexibility index (Phi) is 9.21. The van der Waals surface area contributed by atoms with Gasteiger partial charge in [0.2, 0.25) is 5.95 Å². The minimum atomic E-state index is -0.912. The van der Waals surface area contributed by atoms with Gasteiger partial charge in [-0.05, 0) is 44.4 Å². The Morgan fingerprint density at radius 3 is 2.55 bits per heavy atom. The van der Waals surface area contributed by atoms with Crippen LogP contribution in [0.4, 0.5) is 23.1 Å². The third-order valence-electron chi connectivity index (χ3n) is 7.54. The zero-order valence-corrected chi connectivity index (χ0v) is 26.1. The van der Waals surface area contributed by atoms with Gasteiger partial charge in [-0.3, -0.25) is 9.47 Å². The monoisotopic (exact) mass is 602 g/mol. The molecule has 2 aliphatic rings. The van der Waals surface area contributed by atoms with Crippen LogP contribution >= 0.6 is 0 Å². The van der Waals surface area contributed by atoms with E-state index in [4.69, 9.17) is 14.9 Å². The molecule has 44 heavy (non-hydrogen) atoms. The van der Waals surface area contributed by atoms with E-state index in [1.54, 1.807) is 19.4 Å². The van der Waals surface area contributed by atoms with Crippen LogP contribution in [0, 0.1) is 13.8 Å². The van der Waals surface area contributed by atoms with E-state index in [2.05, 4.69) is 30.5 Å². The van der Waals surface area contributed by atoms with Crippen LogP contribution in [0.25, 0.3) is 5.82 Å². The molecule has 0 atom stereocenters. The molecule has 6 rings (SSSR count). The molecule has 1 saturated carbocycles. The van der Waals surface area contributed by atoms with Crippen LogP contribution in [0.2, 0.25) is 0 Å². The molecule has 1 aliphatic carbocycles. The molecule has 12 nitrogen and oxygen atoms in total. The molecule has 4 heterocycles. The number of carbonyl (C=O) groups is 1. The molecule has 1 aromatic carbocycles. The van der Waals surface area contributed by atoms with Crippen molar-refractivity contribution in [1.29, 1.82) is 0 Å². The molecule has 1 aliphatic heterocycles. The maximum atomic E-state index is 11.5. The summed E-state index contributed by atoms with van der Waals surface area (Å²) >= 11 is 0. The molecule has 12 heteroatoms. The van der Waals surface area contributed by atoms with Gasteiger partial charge in [0.25, 0.3) is 0 Å². The van der Waals surface area contributed by atoms with Crippen molar-refractivity contribution in [2.45, 2.75) is 65.5 Å². The van der Waals surface area contributed by atoms with Crippen LogP contribution in [0.1, 0.15) is 66.6 Å². The number of aromatic nitrogens is 4. The molecule has 0 bridgehead atoms. The van der Waals surface area contributed by atoms with E-state index < -0.39 is 5.97 Å². The summed E-state index contributed by atoms with van der Waals surface area (Å²) in [6.45, 7) is 13.5. The fourth-order valence-corrected chi connectivity index (χ4v) is 5.08. The summed E-state index contributed by atoms with van der Waals surface area (Å²) in [7, 11) is 0. The number of morpholine rings is 1. The molecule has 2 fully saturated rings. The van der Waals surface area contributed by atoms with Gasteiger partial charge >= 0.3 is 5.97 Å². The number of anilines is 4. The number of aryl methyl sites for hydroxylation is 2. The lowest BCUT2D eigenvalue weighted by molar-refractivity contribution is 0.0336. The number of benzene rings is 1. The highest BCUT2D eigenvalue weighted by atomic mass is 16.5. The van der Waals surface area contributed by atoms with Crippen molar-refractivity contribution >= 4 is 29.1 Å². The van der Waals surface area contributed by atoms with Crippen molar-refractivity contribution in [3.05, 3.63) is 71.2 Å². The number of nitrogen functional groups attached to an aromatic ring is 1. The molecule has 0 spiro atoms. The van der Waals surface area contributed by atoms with Gasteiger partial charge in [-0.2, -0.15) is 0 Å². The first-order valence-electron chi connectivity index (χ1n) is 14.9. The first-order valence-corrected chi connectivity index (χ1v) is 14.9. The number of hydrogen-bond donors (Lipinski definition) is 4. The SMILES string of the molecule is Cc1ccc(N)cc1Nc1nccn1-c1cc(NC2CC2)ncn1.Cc1oc(C(C)(C)C)c(CN2CCOCC2)c1C(=O)O. The lowest BCUT2D eigenvalue weighted by atomic mass is 9.89. The zero-order chi connectivity index (χ0) is 31.4. The van der Waals surface area contributed by atoms with Crippen molar-refractivity contribution in [3.63, 3.8) is 0 Å². The van der Waals surface area contributed by atoms with Crippen molar-refractivity contribution in [2.75, 3.05) is 42.7 Å². The molecule has 4 aromatic rings. The minimum absolute atomic E-state index is 0.208. The van der Waals surface area contributed by atoms with E-state index in [1.165, 1.54) is 12.8 Å². The maximum Gasteiger partial charge on any atom is 0.339 e. The Hall–Kier alpha value is -4.42. The summed E-state index contributed by atoms with van der Waals surface area (Å²) in [6, 6.07) is 8.23. The second kappa shape index (κ2) is 13.1. The summed E-state index contributed by atoms with van der Waals surface area (Å²) in [5.41, 5.74) is 9.53. The van der Waals surface area contributed by atoms with Crippen molar-refractivity contribution in [1.82, 2.24) is 24.4 Å². The molecule has 0 amide bonds. The Morgan fingerprint density at radius 2 is 1.86 bits per heavy atom. The summed E-state index contributed by atoms with van der Waals surface area (Å²) in [4.78, 5) is 26.8. The number of nitrogens with one attached hydrogen (secondary N) is 2. The van der Waals surface area contributed by atoms with Gasteiger partial charge in [0.05, 0.1) is 13.2 Å². The van der Waals surface area contributed by atoms with E-state index in [-0.39, 0.29) is 5.41 Å². The van der Waals surface area contributed by atoms with Crippen LogP contribution in [0.5, 0.6) is 0 Å². The predicted molar refractivity (Wildman–Crippen MR) is 170 cm³/mol. The standard InChI is InChI=1S/C17H19N7.C15H23NO4/c1-11-2-3-12(18)8-14(11)23-17-19-6-7-24(17)16-9-15(20-10-21-16)22-13-4-5-13;1-10-12(14(17)18)11(13(20-10)15(2,3)4)9-16-5-7-19-8-6-16/h2-3,6-10,13H,4-5,18H2,1H3,(H,19,23)(H,20,21,22);5-9H2,1-4H3,(H,17,18). The zero-order valence-electron chi connectivity index (χ0n) is 26.1. The van der Waals surface area contributed by atoms with E-state index in [0.717, 1.165) is 47.3 Å². The van der Waals surface area contributed by atoms with Crippen molar-refractivity contribution < 1.29 is 19.1 Å². The number of rotatable bonds is 8. The summed E-state index contributed by atoms with van der Waals surface area (Å²) in [5, 5.41) is 16.2. The normalized spacial score (nSPS) is 15.4. The molecule has 1 saturated heterocycles. The summed E-state index contributed by atoms with van der Waals surface area (Å²) < 4.78 is 13.0. The highest BCUT2D eigenvalue weighted by Crippen LogP contribution is 2.33. The second-order valence-electron chi connectivity index (χ2n) is 12.3. The largest absolute Gasteiger partial charge is 0.478 e. The predicted octanol–water partition coefficient (Wildman–Crippen LogP) is 5.29. The molecule has 0 unspecified atom stereocenters. The fourth-order valence-electron chi connectivity index (χ4n) is 5.08. The van der Waals surface area contributed by atoms with Crippen LogP contribution in [0.15, 0.2) is 47.4 Å². The number of nitrogens with two attached hydrogens (primary N) is 1. The lowest BCUT2D eigenvalue weighted by Gasteiger charge is -2.28. The van der Waals surface area contributed by atoms with Gasteiger partial charge in [-0.15, -0.1) is 0 Å². The minimum Gasteiger partial charge on any atom is -0.478 e. The van der Waals surface area contributed by atoms with Crippen LogP contribution in [-0.2, 0) is 16.7 Å². The number of hydrogen-bond acceptors (Lipinski definition) is 10. The van der Waals surface area contributed by atoms with Gasteiger partial charge in [0.1, 0.15) is 35.0 Å². The van der Waals surface area contributed by atoms with E-state index in [0.29, 0.717) is 48.8 Å². The van der Waals surface area contributed by atoms with E-state index >= 15 is 0 Å².